The number of hydrogen-bond donors (Lipinski definition) is 2. The van der Waals surface area contributed by atoms with Crippen LogP contribution >= 0.6 is 0 Å². The first-order valence-corrected chi connectivity index (χ1v) is 10.8. The minimum absolute atomic E-state index is 0.00584. The van der Waals surface area contributed by atoms with Gasteiger partial charge < -0.3 is 20.9 Å². The smallest absolute Gasteiger partial charge is 0.411 e. The van der Waals surface area contributed by atoms with Crippen molar-refractivity contribution in [3.05, 3.63) is 108 Å². The molecule has 4 aromatic rings. The lowest BCUT2D eigenvalue weighted by molar-refractivity contribution is -0.289. The highest BCUT2D eigenvalue weighted by Gasteiger charge is 2.74. The van der Waals surface area contributed by atoms with Crippen LogP contribution in [0.5, 0.6) is 23.0 Å². The standard InChI is InChI=1S/C27H20F6N2O2/c28-26(29,30)25(27(31,32)33,21-5-1-3-7-23(21)36-19-13-9-17(34)10-14-19)22-6-2-4-8-24(22)37-20-15-11-18(35)12-16-20/h1-16H,34-35H2. The van der Waals surface area contributed by atoms with Crippen LogP contribution in [0.15, 0.2) is 97.1 Å². The number of halogens is 6. The lowest BCUT2D eigenvalue weighted by Gasteiger charge is -2.39. The second-order valence-corrected chi connectivity index (χ2v) is 8.08. The monoisotopic (exact) mass is 518 g/mol. The van der Waals surface area contributed by atoms with E-state index in [1.54, 1.807) is 0 Å². The molecule has 0 saturated carbocycles. The molecule has 0 spiro atoms. The van der Waals surface area contributed by atoms with Crippen molar-refractivity contribution in [2.45, 2.75) is 17.8 Å². The molecule has 0 fully saturated rings. The molecule has 0 saturated heterocycles. The van der Waals surface area contributed by atoms with Gasteiger partial charge in [0.1, 0.15) is 23.0 Å². The summed E-state index contributed by atoms with van der Waals surface area (Å²) in [6, 6.07) is 19.3. The molecule has 0 aromatic heterocycles. The Balaban J connectivity index is 1.97. The van der Waals surface area contributed by atoms with E-state index >= 15 is 0 Å². The number of anilines is 2. The van der Waals surface area contributed by atoms with Crippen LogP contribution in [-0.4, -0.2) is 12.4 Å². The number of benzene rings is 4. The molecule has 37 heavy (non-hydrogen) atoms. The largest absolute Gasteiger partial charge is 0.457 e. The molecule has 0 amide bonds. The van der Waals surface area contributed by atoms with Gasteiger partial charge in [-0.05, 0) is 60.7 Å². The first-order chi connectivity index (χ1) is 17.4. The highest BCUT2D eigenvalue weighted by atomic mass is 19.4. The van der Waals surface area contributed by atoms with Gasteiger partial charge in [-0.15, -0.1) is 0 Å². The van der Waals surface area contributed by atoms with Crippen LogP contribution in [0.2, 0.25) is 0 Å². The average Bonchev–Trinajstić information content (AvgIpc) is 2.83. The van der Waals surface area contributed by atoms with E-state index in [0.717, 1.165) is 36.4 Å². The average molecular weight is 518 g/mol. The Morgan fingerprint density at radius 3 is 1.11 bits per heavy atom. The Morgan fingerprint density at radius 2 is 0.784 bits per heavy atom. The van der Waals surface area contributed by atoms with E-state index < -0.39 is 40.4 Å². The van der Waals surface area contributed by atoms with Gasteiger partial charge in [-0.1, -0.05) is 36.4 Å². The maximum Gasteiger partial charge on any atom is 0.411 e. The van der Waals surface area contributed by atoms with Gasteiger partial charge in [0.25, 0.3) is 0 Å². The van der Waals surface area contributed by atoms with Crippen LogP contribution in [0.4, 0.5) is 37.7 Å². The van der Waals surface area contributed by atoms with Crippen LogP contribution in [0, 0.1) is 0 Å². The summed E-state index contributed by atoms with van der Waals surface area (Å²) in [5, 5.41) is 0. The van der Waals surface area contributed by atoms with Gasteiger partial charge in [-0.25, -0.2) is 0 Å². The summed E-state index contributed by atoms with van der Waals surface area (Å²) in [7, 11) is 0. The lowest BCUT2D eigenvalue weighted by atomic mass is 9.72. The van der Waals surface area contributed by atoms with Crippen LogP contribution < -0.4 is 20.9 Å². The molecule has 0 heterocycles. The predicted octanol–water partition coefficient (Wildman–Crippen LogP) is 7.85. The number of alkyl halides is 6. The van der Waals surface area contributed by atoms with Crippen LogP contribution in [0.3, 0.4) is 0 Å². The summed E-state index contributed by atoms with van der Waals surface area (Å²) in [6.07, 6.45) is -11.7. The van der Waals surface area contributed by atoms with Crippen molar-refractivity contribution in [1.29, 1.82) is 0 Å². The van der Waals surface area contributed by atoms with Gasteiger partial charge >= 0.3 is 12.4 Å². The number of hydrogen-bond acceptors (Lipinski definition) is 4. The van der Waals surface area contributed by atoms with Gasteiger partial charge in [0.2, 0.25) is 5.41 Å². The quantitative estimate of drug-likeness (QED) is 0.202. The van der Waals surface area contributed by atoms with Gasteiger partial charge in [0.05, 0.1) is 0 Å². The molecule has 0 unspecified atom stereocenters. The second-order valence-electron chi connectivity index (χ2n) is 8.08. The van der Waals surface area contributed by atoms with E-state index in [2.05, 4.69) is 0 Å². The lowest BCUT2D eigenvalue weighted by Crippen LogP contribution is -2.55. The summed E-state index contributed by atoms with van der Waals surface area (Å²) >= 11 is 0. The van der Waals surface area contributed by atoms with Crippen molar-refractivity contribution in [3.8, 4) is 23.0 Å². The summed E-state index contributed by atoms with van der Waals surface area (Å²) in [4.78, 5) is 0. The number of ether oxygens (including phenoxy) is 2. The SMILES string of the molecule is Nc1ccc(Oc2ccccc2C(c2ccccc2Oc2ccc(N)cc2)(C(F)(F)F)C(F)(F)F)cc1. The molecule has 4 aromatic carbocycles. The summed E-state index contributed by atoms with van der Waals surface area (Å²) < 4.78 is 101. The first-order valence-electron chi connectivity index (χ1n) is 10.8. The molecule has 0 bridgehead atoms. The summed E-state index contributed by atoms with van der Waals surface area (Å²) in [5.74, 6) is -1.26. The van der Waals surface area contributed by atoms with Gasteiger partial charge in [0, 0.05) is 22.5 Å². The fourth-order valence-corrected chi connectivity index (χ4v) is 3.97. The van der Waals surface area contributed by atoms with Crippen LogP contribution in [-0.2, 0) is 5.41 Å². The Morgan fingerprint density at radius 1 is 0.459 bits per heavy atom. The van der Waals surface area contributed by atoms with Crippen molar-refractivity contribution in [3.63, 3.8) is 0 Å². The molecule has 0 atom stereocenters. The maximum absolute atomic E-state index is 14.9. The van der Waals surface area contributed by atoms with Gasteiger partial charge in [-0.2, -0.15) is 26.3 Å². The molecular formula is C27H20F6N2O2. The second kappa shape index (κ2) is 9.61. The predicted molar refractivity (Wildman–Crippen MR) is 128 cm³/mol. The fraction of sp³-hybridized carbons (Fsp3) is 0.111. The maximum atomic E-state index is 14.9. The number of para-hydroxylation sites is 2. The number of nitrogen functional groups attached to an aromatic ring is 2. The van der Waals surface area contributed by atoms with E-state index in [0.29, 0.717) is 11.4 Å². The molecule has 10 heteroatoms. The first kappa shape index (κ1) is 25.7. The van der Waals surface area contributed by atoms with Crippen LogP contribution in [0.1, 0.15) is 11.1 Å². The molecule has 0 radical (unpaired) electrons. The molecule has 0 aliphatic carbocycles. The van der Waals surface area contributed by atoms with Crippen molar-refractivity contribution in [2.75, 3.05) is 11.5 Å². The Bertz CT molecular complexity index is 1260. The normalized spacial score (nSPS) is 12.3. The molecule has 192 valence electrons. The van der Waals surface area contributed by atoms with E-state index in [9.17, 15) is 26.3 Å². The molecular weight excluding hydrogens is 498 g/mol. The molecule has 4 N–H and O–H groups in total. The summed E-state index contributed by atoms with van der Waals surface area (Å²) in [5.41, 5.74) is 5.12. The molecule has 4 rings (SSSR count). The molecule has 0 aliphatic rings. The van der Waals surface area contributed by atoms with E-state index in [-0.39, 0.29) is 11.5 Å². The van der Waals surface area contributed by atoms with Crippen molar-refractivity contribution in [2.24, 2.45) is 0 Å². The van der Waals surface area contributed by atoms with E-state index in [4.69, 9.17) is 20.9 Å². The highest BCUT2D eigenvalue weighted by molar-refractivity contribution is 5.57. The highest BCUT2D eigenvalue weighted by Crippen LogP contribution is 2.60. The van der Waals surface area contributed by atoms with E-state index in [1.807, 2.05) is 0 Å². The Hall–Kier alpha value is -4.34. The zero-order valence-corrected chi connectivity index (χ0v) is 19.0. The van der Waals surface area contributed by atoms with Gasteiger partial charge in [-0.3, -0.25) is 0 Å². The van der Waals surface area contributed by atoms with Crippen molar-refractivity contribution < 1.29 is 35.8 Å². The topological polar surface area (TPSA) is 70.5 Å². The fourth-order valence-electron chi connectivity index (χ4n) is 3.97. The van der Waals surface area contributed by atoms with Crippen molar-refractivity contribution in [1.82, 2.24) is 0 Å². The zero-order chi connectivity index (χ0) is 26.8. The molecule has 0 aliphatic heterocycles. The third-order valence-electron chi connectivity index (χ3n) is 5.65. The minimum Gasteiger partial charge on any atom is -0.457 e. The third-order valence-corrected chi connectivity index (χ3v) is 5.65. The number of rotatable bonds is 6. The minimum atomic E-state index is -5.85. The number of nitrogens with two attached hydrogens (primary N) is 2. The Labute approximate surface area is 208 Å². The van der Waals surface area contributed by atoms with Gasteiger partial charge in [0.15, 0.2) is 0 Å². The summed E-state index contributed by atoms with van der Waals surface area (Å²) in [6.45, 7) is 0. The zero-order valence-electron chi connectivity index (χ0n) is 19.0. The van der Waals surface area contributed by atoms with E-state index in [1.165, 1.54) is 60.7 Å². The van der Waals surface area contributed by atoms with Crippen LogP contribution in [0.25, 0.3) is 0 Å². The third kappa shape index (κ3) is 4.87. The molecule has 4 nitrogen and oxygen atoms in total. The Kier molecular flexibility index (Phi) is 6.68. The van der Waals surface area contributed by atoms with Crippen molar-refractivity contribution >= 4 is 11.4 Å².